The number of aliphatic imine (C=N–C) groups is 2. The average Bonchev–Trinajstić information content (AvgIpc) is 3.45. The Bertz CT molecular complexity index is 2230. The third-order valence-corrected chi connectivity index (χ3v) is 10.3. The molecule has 7 nitrogen and oxygen atoms in total. The Hall–Kier alpha value is -6.21. The van der Waals surface area contributed by atoms with Crippen molar-refractivity contribution in [3.05, 3.63) is 197 Å². The Morgan fingerprint density at radius 2 is 1.65 bits per heavy atom. The van der Waals surface area contributed by atoms with E-state index in [1.807, 2.05) is 60.7 Å². The summed E-state index contributed by atoms with van der Waals surface area (Å²) in [7, 11) is 0. The second kappa shape index (κ2) is 15.8. The third kappa shape index (κ3) is 7.76. The molecule has 3 aromatic carbocycles. The number of hydrogen-bond donors (Lipinski definition) is 3. The van der Waals surface area contributed by atoms with E-state index in [4.69, 9.17) is 19.5 Å². The summed E-state index contributed by atoms with van der Waals surface area (Å²) in [5, 5.41) is 16.6. The minimum Gasteiger partial charge on any atom is -0.454 e. The first-order valence-corrected chi connectivity index (χ1v) is 18.9. The molecule has 2 heterocycles. The third-order valence-electron chi connectivity index (χ3n) is 10.3. The van der Waals surface area contributed by atoms with Crippen molar-refractivity contribution in [1.29, 1.82) is 5.41 Å². The Labute approximate surface area is 317 Å². The van der Waals surface area contributed by atoms with Crippen molar-refractivity contribution in [3.63, 3.8) is 0 Å². The van der Waals surface area contributed by atoms with Gasteiger partial charge in [-0.2, -0.15) is 0 Å². The highest BCUT2D eigenvalue weighted by molar-refractivity contribution is 6.13. The molecule has 0 saturated heterocycles. The molecule has 2 aliphatic heterocycles. The molecule has 0 aromatic heterocycles. The zero-order valence-corrected chi connectivity index (χ0v) is 30.7. The maximum absolute atomic E-state index is 9.34. The molecule has 8 rings (SSSR count). The summed E-state index contributed by atoms with van der Waals surface area (Å²) < 4.78 is 12.8. The van der Waals surface area contributed by atoms with Gasteiger partial charge in [0.25, 0.3) is 0 Å². The van der Waals surface area contributed by atoms with Gasteiger partial charge >= 0.3 is 0 Å². The van der Waals surface area contributed by atoms with Crippen LogP contribution in [0.1, 0.15) is 60.2 Å². The molecule has 5 aliphatic rings. The van der Waals surface area contributed by atoms with Crippen LogP contribution in [0.5, 0.6) is 0 Å². The Balaban J connectivity index is 1.09. The number of benzene rings is 3. The molecular formula is C47H45N5O2. The van der Waals surface area contributed by atoms with Crippen LogP contribution in [0.4, 0.5) is 0 Å². The lowest BCUT2D eigenvalue weighted by atomic mass is 9.86. The first kappa shape index (κ1) is 34.9. The highest BCUT2D eigenvalue weighted by Gasteiger charge is 2.36. The molecule has 270 valence electrons. The van der Waals surface area contributed by atoms with Crippen molar-refractivity contribution in [2.75, 3.05) is 6.54 Å². The molecule has 3 aliphatic carbocycles. The summed E-state index contributed by atoms with van der Waals surface area (Å²) in [4.78, 5) is 10.4. The summed E-state index contributed by atoms with van der Waals surface area (Å²) in [5.74, 6) is 4.67. The first-order valence-electron chi connectivity index (χ1n) is 18.9. The SMILES string of the molecule is Cc1cc(C(=N)/C=C(\NCCC2C=CC=CC2)c2ccccc2)cc(C2=NC(C3C=CC4=C(OC5=C(C=CCC=C5)O4)C3C)=NC(c3ccccc3)N2)c1. The number of ether oxygens (including phenoxy) is 2. The maximum Gasteiger partial charge on any atom is 0.169 e. The van der Waals surface area contributed by atoms with Gasteiger partial charge in [-0.25, -0.2) is 9.98 Å². The van der Waals surface area contributed by atoms with Crippen LogP contribution >= 0.6 is 0 Å². The summed E-state index contributed by atoms with van der Waals surface area (Å²) in [6, 6.07) is 26.8. The number of nitrogens with one attached hydrogen (secondary N) is 3. The Morgan fingerprint density at radius 3 is 2.43 bits per heavy atom. The number of allylic oxidation sites excluding steroid dienone is 11. The summed E-state index contributed by atoms with van der Waals surface area (Å²) in [6.07, 6.45) is 25.5. The molecule has 0 amide bonds. The predicted molar refractivity (Wildman–Crippen MR) is 219 cm³/mol. The van der Waals surface area contributed by atoms with Gasteiger partial charge in [-0.1, -0.05) is 110 Å². The fourth-order valence-corrected chi connectivity index (χ4v) is 7.33. The van der Waals surface area contributed by atoms with Gasteiger partial charge in [0.05, 0.1) is 5.71 Å². The van der Waals surface area contributed by atoms with Crippen LogP contribution in [0.3, 0.4) is 0 Å². The quantitative estimate of drug-likeness (QED) is 0.183. The molecule has 0 fully saturated rings. The van der Waals surface area contributed by atoms with Crippen LogP contribution in [-0.2, 0) is 9.47 Å². The topological polar surface area (TPSA) is 91.1 Å². The van der Waals surface area contributed by atoms with Crippen molar-refractivity contribution >= 4 is 23.1 Å². The minimum absolute atomic E-state index is 0.0705. The lowest BCUT2D eigenvalue weighted by Gasteiger charge is -2.33. The zero-order valence-electron chi connectivity index (χ0n) is 30.7. The van der Waals surface area contributed by atoms with Gasteiger partial charge in [0, 0.05) is 35.2 Å². The van der Waals surface area contributed by atoms with Gasteiger partial charge < -0.3 is 25.5 Å². The molecule has 54 heavy (non-hydrogen) atoms. The van der Waals surface area contributed by atoms with Crippen LogP contribution in [-0.4, -0.2) is 23.9 Å². The molecule has 7 heteroatoms. The first-order chi connectivity index (χ1) is 26.5. The van der Waals surface area contributed by atoms with E-state index in [2.05, 4.69) is 109 Å². The molecule has 0 spiro atoms. The predicted octanol–water partition coefficient (Wildman–Crippen LogP) is 9.77. The van der Waals surface area contributed by atoms with E-state index in [9.17, 15) is 5.41 Å². The second-order valence-corrected chi connectivity index (χ2v) is 14.2. The summed E-state index contributed by atoms with van der Waals surface area (Å²) >= 11 is 0. The van der Waals surface area contributed by atoms with Gasteiger partial charge in [0.15, 0.2) is 23.0 Å². The van der Waals surface area contributed by atoms with Gasteiger partial charge in [0.2, 0.25) is 0 Å². The monoisotopic (exact) mass is 711 g/mol. The normalized spacial score (nSPS) is 23.0. The number of aryl methyl sites for hydroxylation is 1. The van der Waals surface area contributed by atoms with Crippen LogP contribution in [0.2, 0.25) is 0 Å². The van der Waals surface area contributed by atoms with Crippen LogP contribution in [0.25, 0.3) is 5.70 Å². The second-order valence-electron chi connectivity index (χ2n) is 14.2. The van der Waals surface area contributed by atoms with Crippen molar-refractivity contribution in [2.45, 2.75) is 39.3 Å². The Kier molecular flexibility index (Phi) is 10.2. The van der Waals surface area contributed by atoms with E-state index in [1.165, 1.54) is 0 Å². The van der Waals surface area contributed by atoms with Crippen LogP contribution in [0.15, 0.2) is 179 Å². The molecule has 3 N–H and O–H groups in total. The summed E-state index contributed by atoms with van der Waals surface area (Å²) in [5.41, 5.74) is 6.21. The van der Waals surface area contributed by atoms with E-state index in [-0.39, 0.29) is 18.0 Å². The molecule has 0 saturated carbocycles. The van der Waals surface area contributed by atoms with Crippen LogP contribution in [0, 0.1) is 30.1 Å². The fourth-order valence-electron chi connectivity index (χ4n) is 7.33. The molecule has 4 atom stereocenters. The fraction of sp³-hybridized carbons (Fsp3) is 0.213. The summed E-state index contributed by atoms with van der Waals surface area (Å²) in [6.45, 7) is 5.03. The molecule has 4 unspecified atom stereocenters. The lowest BCUT2D eigenvalue weighted by molar-refractivity contribution is 0.164. The molecular weight excluding hydrogens is 667 g/mol. The molecule has 3 aromatic rings. The van der Waals surface area contributed by atoms with Gasteiger partial charge in [-0.05, 0) is 91.3 Å². The van der Waals surface area contributed by atoms with E-state index in [0.717, 1.165) is 88.2 Å². The smallest absolute Gasteiger partial charge is 0.169 e. The van der Waals surface area contributed by atoms with Crippen molar-refractivity contribution < 1.29 is 9.47 Å². The van der Waals surface area contributed by atoms with E-state index in [0.29, 0.717) is 17.5 Å². The van der Waals surface area contributed by atoms with Crippen molar-refractivity contribution in [1.82, 2.24) is 10.6 Å². The van der Waals surface area contributed by atoms with E-state index >= 15 is 0 Å². The number of rotatable bonds is 10. The van der Waals surface area contributed by atoms with Gasteiger partial charge in [-0.3, -0.25) is 0 Å². The van der Waals surface area contributed by atoms with E-state index < -0.39 is 0 Å². The molecule has 0 bridgehead atoms. The Morgan fingerprint density at radius 1 is 0.870 bits per heavy atom. The maximum atomic E-state index is 9.34. The van der Waals surface area contributed by atoms with E-state index in [1.54, 1.807) is 0 Å². The van der Waals surface area contributed by atoms with Crippen molar-refractivity contribution in [2.24, 2.45) is 27.7 Å². The standard InChI is InChI=1S/C47H45N5O2/c1-31-27-36(39(48)30-40(34-17-9-4-10-18-34)49-26-25-33-15-7-3-8-16-33)29-37(28-31)46-50-45(35-19-11-5-12-20-35)51-47(52-46)38-23-24-43-44(32(38)2)54-42-22-14-6-13-21-41(42)53-43/h3-5,7-15,17-24,27-30,32-33,38,45,48-49H,6,16,25-26H2,1-2H3,(H,50,51,52)/b40-30-,48-39?. The average molecular weight is 712 g/mol. The molecule has 0 radical (unpaired) electrons. The van der Waals surface area contributed by atoms with Crippen LogP contribution < -0.4 is 10.6 Å². The van der Waals surface area contributed by atoms with Crippen molar-refractivity contribution in [3.8, 4) is 0 Å². The number of hydrogen-bond acceptors (Lipinski definition) is 7. The lowest BCUT2D eigenvalue weighted by Crippen LogP contribution is -2.37. The highest BCUT2D eigenvalue weighted by Crippen LogP contribution is 2.40. The number of nitrogens with zero attached hydrogens (tertiary/aromatic N) is 2. The highest BCUT2D eigenvalue weighted by atomic mass is 16.6. The van der Waals surface area contributed by atoms with Gasteiger partial charge in [0.1, 0.15) is 17.8 Å². The minimum atomic E-state index is -0.343. The zero-order chi connectivity index (χ0) is 36.9. The largest absolute Gasteiger partial charge is 0.454 e. The van der Waals surface area contributed by atoms with Gasteiger partial charge in [-0.15, -0.1) is 0 Å². The number of amidine groups is 2.